The van der Waals surface area contributed by atoms with E-state index in [1.54, 1.807) is 29.3 Å². The molecule has 21 heteroatoms. The standard InChI is InChI=1S/C58H67ClF2N10O8/c1-57(2,3)79-56(75)71-38-6-7-39(71)30-69(29-38)52-43-26-62-50(42-25-40(78-33-76-4)24-35-5-10-44(60)48(59)47(35)42)49(61)51(43)64-55(65-52)77-32-58(15-16-58)31-67-17-13-34(14-18-67)27-66-19-21-68(22-20-66)37-8-9-41-36(23-37)28-70(54(41)74)45-11-12-46(72)63-53(45)73/h5,8-10,23-26,34,38-39,45H,6-7,11-22,27-33H2,1-4H3,(H,63,72,73)/t38?,39?,45-/m0/s1. The molecule has 0 radical (unpaired) electrons. The number of nitrogens with zero attached hydrogens (tertiary/aromatic N) is 9. The number of piperazine rings is 2. The van der Waals surface area contributed by atoms with Gasteiger partial charge in [0.15, 0.2) is 12.6 Å². The first kappa shape index (κ1) is 53.2. The Balaban J connectivity index is 0.711. The molecule has 6 fully saturated rings. The van der Waals surface area contributed by atoms with Gasteiger partial charge in [0.05, 0.1) is 29.1 Å². The number of likely N-dealkylation sites (tertiary alicyclic amines) is 1. The predicted octanol–water partition coefficient (Wildman–Crippen LogP) is 7.80. The topological polar surface area (TPSA) is 175 Å². The van der Waals surface area contributed by atoms with E-state index in [4.69, 9.17) is 40.5 Å². The summed E-state index contributed by atoms with van der Waals surface area (Å²) in [5.41, 5.74) is 1.99. The maximum atomic E-state index is 17.6. The number of hydrogen-bond donors (Lipinski definition) is 1. The molecule has 2 bridgehead atoms. The number of carbonyl (C=O) groups excluding carboxylic acids is 4. The number of hydrogen-bond acceptors (Lipinski definition) is 15. The molecule has 3 aromatic carbocycles. The van der Waals surface area contributed by atoms with Crippen LogP contribution < -0.4 is 24.6 Å². The zero-order chi connectivity index (χ0) is 54.9. The van der Waals surface area contributed by atoms with E-state index in [0.29, 0.717) is 66.5 Å². The normalized spacial score (nSPS) is 22.7. The van der Waals surface area contributed by atoms with Crippen LogP contribution >= 0.6 is 11.6 Å². The summed E-state index contributed by atoms with van der Waals surface area (Å²) in [6, 6.07) is 11.2. The quantitative estimate of drug-likeness (QED) is 0.0842. The largest absolute Gasteiger partial charge is 0.468 e. The number of methoxy groups -OCH3 is 1. The summed E-state index contributed by atoms with van der Waals surface area (Å²) in [5.74, 6) is -0.865. The first-order chi connectivity index (χ1) is 38.0. The number of pyridine rings is 1. The Morgan fingerprint density at radius 3 is 2.33 bits per heavy atom. The Morgan fingerprint density at radius 1 is 0.861 bits per heavy atom. The number of aromatic nitrogens is 3. The van der Waals surface area contributed by atoms with Crippen molar-refractivity contribution in [3.63, 3.8) is 0 Å². The van der Waals surface area contributed by atoms with Gasteiger partial charge >= 0.3 is 12.1 Å². The summed E-state index contributed by atoms with van der Waals surface area (Å²) in [5, 5.41) is 3.37. The van der Waals surface area contributed by atoms with Crippen molar-refractivity contribution in [2.75, 3.05) is 95.8 Å². The lowest BCUT2D eigenvalue weighted by atomic mass is 9.94. The molecule has 1 aliphatic carbocycles. The Hall–Kier alpha value is -6.48. The Kier molecular flexibility index (Phi) is 14.3. The van der Waals surface area contributed by atoms with Gasteiger partial charge in [-0.3, -0.25) is 34.5 Å². The Labute approximate surface area is 462 Å². The SMILES string of the molecule is COCOc1cc(-c2ncc3c(N4CC5CCC(C4)N5C(=O)OC(C)(C)C)nc(OCC4(CN5CCC(CN6CCN(c7ccc8c(c7)CN([C@H]7CCC(=O)NC7=O)C8=O)CC6)CC5)CC4)nc3c2F)c2c(Cl)c(F)ccc2c1. The van der Waals surface area contributed by atoms with Crippen LogP contribution in [0.3, 0.4) is 0 Å². The van der Waals surface area contributed by atoms with Crippen molar-refractivity contribution in [3.8, 4) is 23.0 Å². The van der Waals surface area contributed by atoms with Gasteiger partial charge in [-0.15, -0.1) is 0 Å². The van der Waals surface area contributed by atoms with Crippen molar-refractivity contribution in [1.82, 2.24) is 39.9 Å². The smallest absolute Gasteiger partial charge is 0.410 e. The zero-order valence-corrected chi connectivity index (χ0v) is 46.0. The minimum atomic E-state index is -0.753. The van der Waals surface area contributed by atoms with Gasteiger partial charge in [-0.05, 0) is 132 Å². The van der Waals surface area contributed by atoms with Crippen molar-refractivity contribution >= 4 is 68.6 Å². The predicted molar refractivity (Wildman–Crippen MR) is 292 cm³/mol. The van der Waals surface area contributed by atoms with E-state index >= 15 is 8.78 Å². The zero-order valence-electron chi connectivity index (χ0n) is 45.2. The molecule has 1 saturated carbocycles. The van der Waals surface area contributed by atoms with Crippen molar-refractivity contribution < 1.29 is 46.9 Å². The van der Waals surface area contributed by atoms with E-state index in [9.17, 15) is 19.2 Å². The van der Waals surface area contributed by atoms with Gasteiger partial charge in [0.1, 0.15) is 40.2 Å². The van der Waals surface area contributed by atoms with Gasteiger partial charge in [0, 0.05) is 106 Å². The number of piperidine rings is 2. The second-order valence-electron chi connectivity index (χ2n) is 23.7. The summed E-state index contributed by atoms with van der Waals surface area (Å²) in [6.45, 7) is 14.7. The van der Waals surface area contributed by atoms with E-state index in [-0.39, 0.29) is 81.8 Å². The summed E-state index contributed by atoms with van der Waals surface area (Å²) in [6.07, 6.45) is 7.52. The molecule has 5 aromatic rings. The average molecular weight is 1110 g/mol. The summed E-state index contributed by atoms with van der Waals surface area (Å²) >= 11 is 6.62. The molecule has 12 rings (SSSR count). The fourth-order valence-electron chi connectivity index (χ4n) is 12.8. The molecule has 2 aromatic heterocycles. The summed E-state index contributed by atoms with van der Waals surface area (Å²) in [4.78, 5) is 78.6. The number of imide groups is 1. The van der Waals surface area contributed by atoms with E-state index in [1.165, 1.54) is 13.2 Å². The highest BCUT2D eigenvalue weighted by molar-refractivity contribution is 6.37. The molecule has 2 unspecified atom stereocenters. The van der Waals surface area contributed by atoms with Crippen LogP contribution in [0, 0.1) is 23.0 Å². The van der Waals surface area contributed by atoms with Gasteiger partial charge in [0.2, 0.25) is 11.8 Å². The third kappa shape index (κ3) is 10.7. The number of benzene rings is 3. The third-order valence-electron chi connectivity index (χ3n) is 17.1. The van der Waals surface area contributed by atoms with E-state index in [0.717, 1.165) is 102 Å². The maximum Gasteiger partial charge on any atom is 0.410 e. The van der Waals surface area contributed by atoms with Crippen LogP contribution in [0.15, 0.2) is 48.7 Å². The molecular weight excluding hydrogens is 1040 g/mol. The lowest BCUT2D eigenvalue weighted by Crippen LogP contribution is -2.57. The van der Waals surface area contributed by atoms with Crippen LogP contribution in [0.25, 0.3) is 32.9 Å². The molecule has 0 spiro atoms. The Morgan fingerprint density at radius 2 is 1.62 bits per heavy atom. The van der Waals surface area contributed by atoms with Crippen LogP contribution in [-0.2, 0) is 25.6 Å². The van der Waals surface area contributed by atoms with Crippen LogP contribution in [0.5, 0.6) is 11.8 Å². The number of ether oxygens (including phenoxy) is 4. The number of halogens is 3. The summed E-state index contributed by atoms with van der Waals surface area (Å²) in [7, 11) is 1.49. The first-order valence-corrected chi connectivity index (χ1v) is 28.1. The molecule has 1 N–H and O–H groups in total. The number of rotatable bonds is 14. The molecule has 8 heterocycles. The van der Waals surface area contributed by atoms with E-state index in [1.807, 2.05) is 37.8 Å². The van der Waals surface area contributed by atoms with Crippen molar-refractivity contribution in [3.05, 3.63) is 76.4 Å². The molecule has 6 aliphatic heterocycles. The summed E-state index contributed by atoms with van der Waals surface area (Å²) < 4.78 is 56.1. The second kappa shape index (κ2) is 21.2. The number of anilines is 2. The molecular formula is C58H67ClF2N10O8. The van der Waals surface area contributed by atoms with Crippen LogP contribution in [0.2, 0.25) is 5.02 Å². The number of carbonyl (C=O) groups is 4. The van der Waals surface area contributed by atoms with Gasteiger partial charge in [-0.1, -0.05) is 17.7 Å². The lowest BCUT2D eigenvalue weighted by Gasteiger charge is -2.42. The Bertz CT molecular complexity index is 3220. The molecule has 18 nitrogen and oxygen atoms in total. The van der Waals surface area contributed by atoms with E-state index in [2.05, 4.69) is 36.0 Å². The average Bonchev–Trinajstić information content (AvgIpc) is 4.20. The highest BCUT2D eigenvalue weighted by atomic mass is 35.5. The van der Waals surface area contributed by atoms with Crippen LogP contribution in [0.1, 0.15) is 88.1 Å². The minimum Gasteiger partial charge on any atom is -0.468 e. The molecule has 4 amide bonds. The fraction of sp³-hybridized carbons (Fsp3) is 0.534. The second-order valence-corrected chi connectivity index (χ2v) is 24.1. The van der Waals surface area contributed by atoms with Crippen molar-refractivity contribution in [1.29, 1.82) is 0 Å². The monoisotopic (exact) mass is 1100 g/mol. The van der Waals surface area contributed by atoms with Gasteiger partial charge in [-0.2, -0.15) is 9.97 Å². The number of nitrogens with one attached hydrogen (secondary N) is 1. The number of fused-ring (bicyclic) bond motifs is 5. The van der Waals surface area contributed by atoms with Crippen molar-refractivity contribution in [2.45, 2.75) is 102 Å². The highest BCUT2D eigenvalue weighted by Gasteiger charge is 2.47. The van der Waals surface area contributed by atoms with Gasteiger partial charge in [0.25, 0.3) is 5.91 Å². The molecule has 418 valence electrons. The minimum absolute atomic E-state index is 0.00912. The van der Waals surface area contributed by atoms with E-state index < -0.39 is 29.2 Å². The fourth-order valence-corrected chi connectivity index (χ4v) is 13.1. The molecule has 7 aliphatic rings. The number of amides is 4. The molecule has 3 atom stereocenters. The first-order valence-electron chi connectivity index (χ1n) is 27.8. The van der Waals surface area contributed by atoms with Crippen LogP contribution in [-0.4, -0.2) is 168 Å². The molecule has 5 saturated heterocycles. The molecule has 79 heavy (non-hydrogen) atoms. The van der Waals surface area contributed by atoms with Gasteiger partial charge < -0.3 is 38.5 Å². The van der Waals surface area contributed by atoms with Crippen molar-refractivity contribution in [2.24, 2.45) is 11.3 Å². The third-order valence-corrected chi connectivity index (χ3v) is 17.5. The van der Waals surface area contributed by atoms with Gasteiger partial charge in [-0.25, -0.2) is 13.6 Å². The highest BCUT2D eigenvalue weighted by Crippen LogP contribution is 2.48. The van der Waals surface area contributed by atoms with Crippen LogP contribution in [0.4, 0.5) is 25.1 Å². The lowest BCUT2D eigenvalue weighted by molar-refractivity contribution is -0.136. The maximum absolute atomic E-state index is 17.6.